The summed E-state index contributed by atoms with van der Waals surface area (Å²) in [7, 11) is 0. The quantitative estimate of drug-likeness (QED) is 0.806. The summed E-state index contributed by atoms with van der Waals surface area (Å²) in [4.78, 5) is 24.4. The molecule has 0 fully saturated rings. The van der Waals surface area contributed by atoms with Crippen molar-refractivity contribution in [3.63, 3.8) is 0 Å². The first-order chi connectivity index (χ1) is 12.0. The predicted molar refractivity (Wildman–Crippen MR) is 92.7 cm³/mol. The molecular formula is C18H21N3O4. The van der Waals surface area contributed by atoms with Crippen molar-refractivity contribution in [1.29, 1.82) is 5.26 Å². The normalized spacial score (nSPS) is 11.8. The Balaban J connectivity index is 2.12. The van der Waals surface area contributed by atoms with Crippen molar-refractivity contribution in [2.45, 2.75) is 39.5 Å². The number of aliphatic hydroxyl groups is 1. The Morgan fingerprint density at radius 3 is 2.48 bits per heavy atom. The van der Waals surface area contributed by atoms with Crippen LogP contribution in [0.15, 0.2) is 40.1 Å². The molecule has 0 aliphatic carbocycles. The third-order valence-corrected chi connectivity index (χ3v) is 3.87. The van der Waals surface area contributed by atoms with Gasteiger partial charge in [-0.05, 0) is 31.0 Å². The standard InChI is InChI=1S/C18H21N3O4/c1-3-13-5-7-16(8-6-13)25-12-15(22)11-21-17(23)14(9-19)10-20(4-2)18(21)24/h5-8,10,15,22H,3-4,11-12H2,1-2H3. The minimum Gasteiger partial charge on any atom is -0.491 e. The molecule has 0 bridgehead atoms. The number of aliphatic hydroxyl groups excluding tert-OH is 1. The number of hydrogen-bond donors (Lipinski definition) is 1. The van der Waals surface area contributed by atoms with Crippen molar-refractivity contribution in [2.75, 3.05) is 6.61 Å². The summed E-state index contributed by atoms with van der Waals surface area (Å²) in [6.07, 6.45) is 1.10. The summed E-state index contributed by atoms with van der Waals surface area (Å²) in [6, 6.07) is 9.25. The maximum atomic E-state index is 12.2. The van der Waals surface area contributed by atoms with Crippen LogP contribution in [0, 0.1) is 11.3 Å². The topological polar surface area (TPSA) is 97.2 Å². The zero-order valence-electron chi connectivity index (χ0n) is 14.3. The van der Waals surface area contributed by atoms with Crippen molar-refractivity contribution in [1.82, 2.24) is 9.13 Å². The second-order valence-corrected chi connectivity index (χ2v) is 5.60. The van der Waals surface area contributed by atoms with Crippen LogP contribution < -0.4 is 16.0 Å². The van der Waals surface area contributed by atoms with Gasteiger partial charge in [-0.15, -0.1) is 0 Å². The summed E-state index contributed by atoms with van der Waals surface area (Å²) in [5.74, 6) is 0.598. The van der Waals surface area contributed by atoms with Crippen LogP contribution in [0.5, 0.6) is 5.75 Å². The van der Waals surface area contributed by atoms with Crippen molar-refractivity contribution >= 4 is 0 Å². The lowest BCUT2D eigenvalue weighted by Gasteiger charge is -2.15. The summed E-state index contributed by atoms with van der Waals surface area (Å²) in [6.45, 7) is 3.80. The molecule has 7 heteroatoms. The maximum absolute atomic E-state index is 12.2. The second-order valence-electron chi connectivity index (χ2n) is 5.60. The van der Waals surface area contributed by atoms with Crippen LogP contribution in [0.25, 0.3) is 0 Å². The van der Waals surface area contributed by atoms with Crippen molar-refractivity contribution in [3.8, 4) is 11.8 Å². The molecule has 0 aliphatic heterocycles. The van der Waals surface area contributed by atoms with E-state index in [4.69, 9.17) is 10.00 Å². The van der Waals surface area contributed by atoms with E-state index in [9.17, 15) is 14.7 Å². The molecule has 1 unspecified atom stereocenters. The molecule has 25 heavy (non-hydrogen) atoms. The van der Waals surface area contributed by atoms with Gasteiger partial charge in [0.2, 0.25) is 0 Å². The van der Waals surface area contributed by atoms with E-state index < -0.39 is 17.4 Å². The van der Waals surface area contributed by atoms with E-state index in [1.165, 1.54) is 16.3 Å². The molecule has 1 heterocycles. The van der Waals surface area contributed by atoms with E-state index in [0.29, 0.717) is 12.3 Å². The molecule has 1 aromatic heterocycles. The first-order valence-corrected chi connectivity index (χ1v) is 8.14. The maximum Gasteiger partial charge on any atom is 0.331 e. The highest BCUT2D eigenvalue weighted by molar-refractivity contribution is 5.27. The van der Waals surface area contributed by atoms with Gasteiger partial charge in [0.1, 0.15) is 30.1 Å². The SMILES string of the molecule is CCc1ccc(OCC(O)Cn2c(=O)c(C#N)cn(CC)c2=O)cc1. The summed E-state index contributed by atoms with van der Waals surface area (Å²) < 4.78 is 7.63. The predicted octanol–water partition coefficient (Wildman–Crippen LogP) is 0.904. The summed E-state index contributed by atoms with van der Waals surface area (Å²) in [5, 5.41) is 19.1. The van der Waals surface area contributed by atoms with Gasteiger partial charge in [0, 0.05) is 12.7 Å². The number of ether oxygens (including phenoxy) is 1. The molecule has 0 saturated heterocycles. The third kappa shape index (κ3) is 4.37. The lowest BCUT2D eigenvalue weighted by Crippen LogP contribution is -2.44. The average Bonchev–Trinajstić information content (AvgIpc) is 2.64. The van der Waals surface area contributed by atoms with E-state index in [0.717, 1.165) is 11.0 Å². The number of rotatable bonds is 7. The second kappa shape index (κ2) is 8.31. The van der Waals surface area contributed by atoms with Crippen LogP contribution in [0.1, 0.15) is 25.0 Å². The van der Waals surface area contributed by atoms with Crippen LogP contribution in [0.3, 0.4) is 0 Å². The van der Waals surface area contributed by atoms with Crippen LogP contribution in [0.2, 0.25) is 0 Å². The molecular weight excluding hydrogens is 322 g/mol. The molecule has 2 rings (SSSR count). The fourth-order valence-electron chi connectivity index (χ4n) is 2.40. The number of aryl methyl sites for hydroxylation is 2. The van der Waals surface area contributed by atoms with Gasteiger partial charge >= 0.3 is 5.69 Å². The Kier molecular flexibility index (Phi) is 6.14. The van der Waals surface area contributed by atoms with Gasteiger partial charge in [-0.3, -0.25) is 13.9 Å². The minimum absolute atomic E-state index is 0.0692. The number of hydrogen-bond acceptors (Lipinski definition) is 5. The van der Waals surface area contributed by atoms with Gasteiger partial charge in [0.15, 0.2) is 0 Å². The fourth-order valence-corrected chi connectivity index (χ4v) is 2.40. The van der Waals surface area contributed by atoms with Crippen LogP contribution in [-0.4, -0.2) is 27.0 Å². The summed E-state index contributed by atoms with van der Waals surface area (Å²) in [5.41, 5.74) is -0.223. The molecule has 0 radical (unpaired) electrons. The highest BCUT2D eigenvalue weighted by atomic mass is 16.5. The smallest absolute Gasteiger partial charge is 0.331 e. The Morgan fingerprint density at radius 2 is 1.92 bits per heavy atom. The molecule has 7 nitrogen and oxygen atoms in total. The van der Waals surface area contributed by atoms with E-state index in [-0.39, 0.29) is 18.7 Å². The molecule has 0 spiro atoms. The first-order valence-electron chi connectivity index (χ1n) is 8.14. The van der Waals surface area contributed by atoms with Gasteiger partial charge in [-0.1, -0.05) is 19.1 Å². The van der Waals surface area contributed by atoms with Gasteiger partial charge in [-0.25, -0.2) is 4.79 Å². The highest BCUT2D eigenvalue weighted by Gasteiger charge is 2.15. The first kappa shape index (κ1) is 18.5. The van der Waals surface area contributed by atoms with Crippen LogP contribution in [0.4, 0.5) is 0 Å². The molecule has 0 saturated carbocycles. The van der Waals surface area contributed by atoms with Crippen molar-refractivity contribution in [3.05, 3.63) is 62.4 Å². The van der Waals surface area contributed by atoms with Crippen LogP contribution >= 0.6 is 0 Å². The highest BCUT2D eigenvalue weighted by Crippen LogP contribution is 2.12. The largest absolute Gasteiger partial charge is 0.491 e. The fraction of sp³-hybridized carbons (Fsp3) is 0.389. The number of nitrogens with zero attached hydrogens (tertiary/aromatic N) is 3. The molecule has 0 aliphatic rings. The Bertz CT molecular complexity index is 875. The average molecular weight is 343 g/mol. The zero-order valence-corrected chi connectivity index (χ0v) is 14.3. The van der Waals surface area contributed by atoms with Crippen LogP contribution in [-0.2, 0) is 19.5 Å². The lowest BCUT2D eigenvalue weighted by molar-refractivity contribution is 0.0899. The van der Waals surface area contributed by atoms with E-state index in [1.54, 1.807) is 25.1 Å². The number of benzene rings is 1. The van der Waals surface area contributed by atoms with Gasteiger partial charge < -0.3 is 9.84 Å². The Morgan fingerprint density at radius 1 is 1.24 bits per heavy atom. The zero-order chi connectivity index (χ0) is 18.4. The lowest BCUT2D eigenvalue weighted by atomic mass is 10.2. The Labute approximate surface area is 145 Å². The van der Waals surface area contributed by atoms with Gasteiger partial charge in [-0.2, -0.15) is 5.26 Å². The van der Waals surface area contributed by atoms with Crippen molar-refractivity contribution < 1.29 is 9.84 Å². The van der Waals surface area contributed by atoms with Crippen molar-refractivity contribution in [2.24, 2.45) is 0 Å². The summed E-state index contributed by atoms with van der Waals surface area (Å²) >= 11 is 0. The molecule has 1 N–H and O–H groups in total. The number of nitriles is 1. The third-order valence-electron chi connectivity index (χ3n) is 3.87. The molecule has 132 valence electrons. The minimum atomic E-state index is -1.06. The monoisotopic (exact) mass is 343 g/mol. The molecule has 1 atom stereocenters. The molecule has 1 aromatic carbocycles. The number of aromatic nitrogens is 2. The molecule has 2 aromatic rings. The van der Waals surface area contributed by atoms with E-state index >= 15 is 0 Å². The van der Waals surface area contributed by atoms with E-state index in [2.05, 4.69) is 6.92 Å². The van der Waals surface area contributed by atoms with Gasteiger partial charge in [0.25, 0.3) is 5.56 Å². The van der Waals surface area contributed by atoms with Gasteiger partial charge in [0.05, 0.1) is 6.54 Å². The molecule has 0 amide bonds. The Hall–Kier alpha value is -2.85. The van der Waals surface area contributed by atoms with E-state index in [1.807, 2.05) is 12.1 Å².